The monoisotopic (exact) mass is 442 g/mol. The van der Waals surface area contributed by atoms with Crippen LogP contribution in [0, 0.1) is 0 Å². The lowest BCUT2D eigenvalue weighted by atomic mass is 9.95. The van der Waals surface area contributed by atoms with Gasteiger partial charge in [-0.2, -0.15) is 0 Å². The topological polar surface area (TPSA) is 84.6 Å². The van der Waals surface area contributed by atoms with Crippen LogP contribution < -0.4 is 4.74 Å². The van der Waals surface area contributed by atoms with Crippen molar-refractivity contribution in [2.24, 2.45) is 0 Å². The molecule has 0 amide bonds. The Morgan fingerprint density at radius 2 is 1.64 bits per heavy atom. The van der Waals surface area contributed by atoms with Crippen molar-refractivity contribution < 1.29 is 19.7 Å². The largest absolute Gasteiger partial charge is 0.491 e. The SMILES string of the molecule is CC(C)Oc1ccc(-n2cnc3cc(C=Cc4ccc(C(C)(O)C(=O)O)cc4)ccc32)cc1. The number of hydrogen-bond acceptors (Lipinski definition) is 4. The second kappa shape index (κ2) is 8.92. The molecule has 0 saturated heterocycles. The Balaban J connectivity index is 1.52. The molecule has 0 radical (unpaired) electrons. The van der Waals surface area contributed by atoms with Crippen molar-refractivity contribution in [3.05, 3.63) is 89.7 Å². The zero-order valence-electron chi connectivity index (χ0n) is 18.8. The van der Waals surface area contributed by atoms with Gasteiger partial charge in [-0.1, -0.05) is 42.5 Å². The Morgan fingerprint density at radius 1 is 1.00 bits per heavy atom. The van der Waals surface area contributed by atoms with Crippen molar-refractivity contribution >= 4 is 29.2 Å². The van der Waals surface area contributed by atoms with Gasteiger partial charge in [0.15, 0.2) is 5.60 Å². The first-order valence-corrected chi connectivity index (χ1v) is 10.7. The number of nitrogens with zero attached hydrogens (tertiary/aromatic N) is 2. The standard InChI is InChI=1S/C27H26N2O4/c1-18(2)33-23-13-11-22(12-14-23)29-17-28-24-16-20(8-15-25(24)29)5-4-19-6-9-21(10-7-19)27(3,32)26(30)31/h4-18,32H,1-3H3,(H,30,31). The maximum Gasteiger partial charge on any atom is 0.340 e. The summed E-state index contributed by atoms with van der Waals surface area (Å²) in [6.07, 6.45) is 5.85. The summed E-state index contributed by atoms with van der Waals surface area (Å²) in [7, 11) is 0. The maximum absolute atomic E-state index is 11.2. The molecule has 0 aliphatic heterocycles. The third kappa shape index (κ3) is 4.81. The Hall–Kier alpha value is -3.90. The van der Waals surface area contributed by atoms with Crippen LogP contribution in [0.5, 0.6) is 5.75 Å². The van der Waals surface area contributed by atoms with Gasteiger partial charge in [0.1, 0.15) is 12.1 Å². The average Bonchev–Trinajstić information content (AvgIpc) is 3.21. The van der Waals surface area contributed by atoms with Gasteiger partial charge < -0.3 is 14.9 Å². The van der Waals surface area contributed by atoms with E-state index in [0.717, 1.165) is 33.6 Å². The first-order valence-electron chi connectivity index (χ1n) is 10.7. The minimum Gasteiger partial charge on any atom is -0.491 e. The molecule has 6 nitrogen and oxygen atoms in total. The van der Waals surface area contributed by atoms with Crippen molar-refractivity contribution in [1.82, 2.24) is 9.55 Å². The number of aliphatic carboxylic acids is 1. The molecule has 33 heavy (non-hydrogen) atoms. The Bertz CT molecular complexity index is 1300. The average molecular weight is 443 g/mol. The first-order chi connectivity index (χ1) is 15.7. The molecule has 1 aromatic heterocycles. The lowest BCUT2D eigenvalue weighted by molar-refractivity contribution is -0.157. The van der Waals surface area contributed by atoms with Crippen molar-refractivity contribution in [3.63, 3.8) is 0 Å². The summed E-state index contributed by atoms with van der Waals surface area (Å²) in [5.41, 5.74) is 3.22. The van der Waals surface area contributed by atoms with E-state index < -0.39 is 11.6 Å². The fraction of sp³-hybridized carbons (Fsp3) is 0.185. The van der Waals surface area contributed by atoms with Gasteiger partial charge in [0, 0.05) is 5.69 Å². The summed E-state index contributed by atoms with van der Waals surface area (Å²) >= 11 is 0. The van der Waals surface area contributed by atoms with Crippen LogP contribution in [-0.4, -0.2) is 31.8 Å². The Kier molecular flexibility index (Phi) is 6.03. The molecule has 0 aliphatic carbocycles. The number of imidazole rings is 1. The van der Waals surface area contributed by atoms with Gasteiger partial charge in [-0.15, -0.1) is 0 Å². The van der Waals surface area contributed by atoms with E-state index in [2.05, 4.69) is 4.98 Å². The van der Waals surface area contributed by atoms with Crippen molar-refractivity contribution in [1.29, 1.82) is 0 Å². The van der Waals surface area contributed by atoms with Gasteiger partial charge in [-0.05, 0) is 73.9 Å². The zero-order valence-corrected chi connectivity index (χ0v) is 18.8. The van der Waals surface area contributed by atoms with E-state index in [-0.39, 0.29) is 6.10 Å². The molecule has 0 saturated carbocycles. The highest BCUT2D eigenvalue weighted by molar-refractivity contribution is 5.82. The van der Waals surface area contributed by atoms with Gasteiger partial charge in [0.25, 0.3) is 0 Å². The number of aliphatic hydroxyl groups is 1. The minimum atomic E-state index is -1.91. The number of carboxylic acid groups (broad SMARTS) is 1. The second-order valence-electron chi connectivity index (χ2n) is 8.36. The zero-order chi connectivity index (χ0) is 23.6. The molecule has 1 atom stereocenters. The van der Waals surface area contributed by atoms with Crippen molar-refractivity contribution in [2.45, 2.75) is 32.5 Å². The summed E-state index contributed by atoms with van der Waals surface area (Å²) in [6.45, 7) is 5.27. The van der Waals surface area contributed by atoms with Crippen LogP contribution >= 0.6 is 0 Å². The molecule has 168 valence electrons. The number of carbonyl (C=O) groups is 1. The highest BCUT2D eigenvalue weighted by Crippen LogP contribution is 2.24. The number of hydrogen-bond donors (Lipinski definition) is 2. The molecule has 0 spiro atoms. The third-order valence-electron chi connectivity index (χ3n) is 5.42. The van der Waals surface area contributed by atoms with E-state index in [0.29, 0.717) is 5.56 Å². The van der Waals surface area contributed by atoms with Crippen molar-refractivity contribution in [3.8, 4) is 11.4 Å². The number of carboxylic acids is 1. The Morgan fingerprint density at radius 3 is 2.27 bits per heavy atom. The lowest BCUT2D eigenvalue weighted by Gasteiger charge is -2.18. The third-order valence-corrected chi connectivity index (χ3v) is 5.42. The first kappa shape index (κ1) is 22.3. The van der Waals surface area contributed by atoms with Crippen LogP contribution in [-0.2, 0) is 10.4 Å². The molecule has 4 rings (SSSR count). The molecule has 0 aliphatic rings. The van der Waals surface area contributed by atoms with Crippen LogP contribution in [0.3, 0.4) is 0 Å². The molecule has 1 unspecified atom stereocenters. The molecular formula is C27H26N2O4. The molecule has 0 bridgehead atoms. The highest BCUT2D eigenvalue weighted by atomic mass is 16.5. The van der Waals surface area contributed by atoms with Gasteiger partial charge >= 0.3 is 5.97 Å². The molecule has 0 fully saturated rings. The number of benzene rings is 3. The van der Waals surface area contributed by atoms with E-state index in [1.165, 1.54) is 6.92 Å². The lowest BCUT2D eigenvalue weighted by Crippen LogP contribution is -2.31. The van der Waals surface area contributed by atoms with Crippen LogP contribution in [0.25, 0.3) is 28.9 Å². The molecule has 6 heteroatoms. The molecular weight excluding hydrogens is 416 g/mol. The molecule has 3 aromatic carbocycles. The van der Waals surface area contributed by atoms with Crippen LogP contribution in [0.15, 0.2) is 73.1 Å². The van der Waals surface area contributed by atoms with Crippen molar-refractivity contribution in [2.75, 3.05) is 0 Å². The highest BCUT2D eigenvalue weighted by Gasteiger charge is 2.31. The number of rotatable bonds is 7. The summed E-state index contributed by atoms with van der Waals surface area (Å²) in [5, 5.41) is 19.2. The van der Waals surface area contributed by atoms with Crippen LogP contribution in [0.1, 0.15) is 37.5 Å². The predicted octanol–water partition coefficient (Wildman–Crippen LogP) is 5.28. The maximum atomic E-state index is 11.2. The van der Waals surface area contributed by atoms with Gasteiger partial charge in [0.05, 0.1) is 17.1 Å². The summed E-state index contributed by atoms with van der Waals surface area (Å²) < 4.78 is 7.75. The second-order valence-corrected chi connectivity index (χ2v) is 8.36. The predicted molar refractivity (Wildman–Crippen MR) is 129 cm³/mol. The van der Waals surface area contributed by atoms with E-state index >= 15 is 0 Å². The van der Waals surface area contributed by atoms with E-state index in [4.69, 9.17) is 9.84 Å². The number of ether oxygens (including phenoxy) is 1. The number of fused-ring (bicyclic) bond motifs is 1. The molecule has 1 heterocycles. The van der Waals surface area contributed by atoms with Crippen LogP contribution in [0.2, 0.25) is 0 Å². The molecule has 4 aromatic rings. The van der Waals surface area contributed by atoms with Gasteiger partial charge in [-0.3, -0.25) is 4.57 Å². The Labute approximate surface area is 192 Å². The fourth-order valence-corrected chi connectivity index (χ4v) is 3.53. The minimum absolute atomic E-state index is 0.133. The van der Waals surface area contributed by atoms with Gasteiger partial charge in [-0.25, -0.2) is 9.78 Å². The van der Waals surface area contributed by atoms with E-state index in [9.17, 15) is 9.90 Å². The van der Waals surface area contributed by atoms with Gasteiger partial charge in [0.2, 0.25) is 0 Å². The molecule has 2 N–H and O–H groups in total. The summed E-state index contributed by atoms with van der Waals surface area (Å²) in [5.74, 6) is -0.441. The quantitative estimate of drug-likeness (QED) is 0.381. The number of aromatic nitrogens is 2. The summed E-state index contributed by atoms with van der Waals surface area (Å²) in [6, 6.07) is 20.8. The fourth-order valence-electron chi connectivity index (χ4n) is 3.53. The van der Waals surface area contributed by atoms with E-state index in [1.807, 2.05) is 79.4 Å². The van der Waals surface area contributed by atoms with E-state index in [1.54, 1.807) is 24.3 Å². The van der Waals surface area contributed by atoms with Crippen LogP contribution in [0.4, 0.5) is 0 Å². The summed E-state index contributed by atoms with van der Waals surface area (Å²) in [4.78, 5) is 15.7. The normalized spacial score (nSPS) is 13.5. The smallest absolute Gasteiger partial charge is 0.340 e.